The zero-order chi connectivity index (χ0) is 18.5. The molecule has 8 nitrogen and oxygen atoms in total. The van der Waals surface area contributed by atoms with Gasteiger partial charge in [0.25, 0.3) is 0 Å². The highest BCUT2D eigenvalue weighted by Gasteiger charge is 2.42. The van der Waals surface area contributed by atoms with Crippen LogP contribution in [0.2, 0.25) is 0 Å². The van der Waals surface area contributed by atoms with Crippen LogP contribution >= 0.6 is 0 Å². The van der Waals surface area contributed by atoms with Gasteiger partial charge >= 0.3 is 12.2 Å². The molecule has 1 saturated heterocycles. The number of hydrogen-bond acceptors (Lipinski definition) is 7. The van der Waals surface area contributed by atoms with Gasteiger partial charge in [0.05, 0.1) is 13.7 Å². The van der Waals surface area contributed by atoms with Crippen LogP contribution in [0, 0.1) is 0 Å². The molecular formula is C16H27NO7. The van der Waals surface area contributed by atoms with Gasteiger partial charge in [-0.15, -0.1) is 0 Å². The highest BCUT2D eigenvalue weighted by atomic mass is 16.7. The number of carbonyl (C=O) groups is 2. The number of nitrogens with one attached hydrogen (secondary N) is 1. The lowest BCUT2D eigenvalue weighted by Gasteiger charge is -2.30. The standard InChI is InChI=1S/C16H27NO7/c1-8-10(22-14(19)20-7)12(11-9-21-16(5,6)23-11)17-13(18)24-15(2,3)4/h8,10-12H,1,9H2,2-7H3,(H,17,18)/t10-,11+,12-/m0/s1. The maximum Gasteiger partial charge on any atom is 0.508 e. The summed E-state index contributed by atoms with van der Waals surface area (Å²) in [5, 5.41) is 2.66. The molecule has 0 saturated carbocycles. The SMILES string of the molecule is C=C[C@H](OC(=O)OC)[C@H](NC(=O)OC(C)(C)C)[C@H]1COC(C)(C)O1. The van der Waals surface area contributed by atoms with Crippen molar-refractivity contribution in [2.45, 2.75) is 64.3 Å². The maximum atomic E-state index is 12.1. The largest absolute Gasteiger partial charge is 0.508 e. The van der Waals surface area contributed by atoms with Crippen LogP contribution in [0.1, 0.15) is 34.6 Å². The van der Waals surface area contributed by atoms with E-state index in [-0.39, 0.29) is 6.61 Å². The molecule has 1 N–H and O–H groups in total. The molecule has 8 heteroatoms. The van der Waals surface area contributed by atoms with Crippen LogP contribution in [0.4, 0.5) is 9.59 Å². The number of carbonyl (C=O) groups excluding carboxylic acids is 2. The van der Waals surface area contributed by atoms with E-state index in [4.69, 9.17) is 18.9 Å². The molecule has 0 aromatic rings. The summed E-state index contributed by atoms with van der Waals surface area (Å²) in [5.41, 5.74) is -0.673. The second-order valence-corrected chi connectivity index (χ2v) is 6.81. The van der Waals surface area contributed by atoms with Crippen LogP contribution in [0.25, 0.3) is 0 Å². The molecule has 0 unspecified atom stereocenters. The van der Waals surface area contributed by atoms with Crippen LogP contribution in [0.3, 0.4) is 0 Å². The van der Waals surface area contributed by atoms with Gasteiger partial charge in [-0.25, -0.2) is 9.59 Å². The predicted octanol–water partition coefficient (Wildman–Crippen LogP) is 2.37. The van der Waals surface area contributed by atoms with Gasteiger partial charge in [-0.2, -0.15) is 0 Å². The molecule has 0 aromatic heterocycles. The van der Waals surface area contributed by atoms with E-state index in [1.807, 2.05) is 0 Å². The van der Waals surface area contributed by atoms with Gasteiger partial charge in [-0.05, 0) is 40.7 Å². The van der Waals surface area contributed by atoms with Gasteiger partial charge in [-0.1, -0.05) is 6.58 Å². The summed E-state index contributed by atoms with van der Waals surface area (Å²) in [7, 11) is 1.19. The van der Waals surface area contributed by atoms with Crippen molar-refractivity contribution in [1.82, 2.24) is 5.32 Å². The Morgan fingerprint density at radius 2 is 2.00 bits per heavy atom. The molecule has 1 aliphatic heterocycles. The average molecular weight is 345 g/mol. The maximum absolute atomic E-state index is 12.1. The van der Waals surface area contributed by atoms with Crippen molar-refractivity contribution in [2.24, 2.45) is 0 Å². The van der Waals surface area contributed by atoms with Crippen LogP contribution in [-0.4, -0.2) is 55.6 Å². The number of methoxy groups -OCH3 is 1. The molecular weight excluding hydrogens is 318 g/mol. The molecule has 3 atom stereocenters. The van der Waals surface area contributed by atoms with Crippen molar-refractivity contribution in [1.29, 1.82) is 0 Å². The summed E-state index contributed by atoms with van der Waals surface area (Å²) >= 11 is 0. The Bertz CT molecular complexity index is 470. The third kappa shape index (κ3) is 6.37. The summed E-state index contributed by atoms with van der Waals surface area (Å²) < 4.78 is 26.2. The summed E-state index contributed by atoms with van der Waals surface area (Å²) in [6.45, 7) is 12.6. The molecule has 1 aliphatic rings. The Labute approximate surface area is 142 Å². The van der Waals surface area contributed by atoms with E-state index in [2.05, 4.69) is 16.6 Å². The Morgan fingerprint density at radius 3 is 2.42 bits per heavy atom. The molecule has 0 bridgehead atoms. The highest BCUT2D eigenvalue weighted by molar-refractivity contribution is 5.68. The quantitative estimate of drug-likeness (QED) is 0.604. The van der Waals surface area contributed by atoms with Crippen LogP contribution < -0.4 is 5.32 Å². The van der Waals surface area contributed by atoms with Gasteiger partial charge < -0.3 is 29.0 Å². The van der Waals surface area contributed by atoms with Crippen molar-refractivity contribution in [2.75, 3.05) is 13.7 Å². The minimum absolute atomic E-state index is 0.211. The van der Waals surface area contributed by atoms with Crippen molar-refractivity contribution < 1.29 is 33.3 Å². The molecule has 1 amide bonds. The fourth-order valence-corrected chi connectivity index (χ4v) is 2.15. The normalized spacial score (nSPS) is 22.2. The van der Waals surface area contributed by atoms with E-state index >= 15 is 0 Å². The van der Waals surface area contributed by atoms with E-state index in [9.17, 15) is 9.59 Å². The summed E-state index contributed by atoms with van der Waals surface area (Å²) in [6.07, 6.45) is -1.61. The first-order valence-electron chi connectivity index (χ1n) is 7.66. The van der Waals surface area contributed by atoms with Crippen molar-refractivity contribution in [3.63, 3.8) is 0 Å². The summed E-state index contributed by atoms with van der Waals surface area (Å²) in [5.74, 6) is -0.810. The lowest BCUT2D eigenvalue weighted by atomic mass is 10.1. The molecule has 0 aliphatic carbocycles. The number of amides is 1. The van der Waals surface area contributed by atoms with E-state index in [1.165, 1.54) is 13.2 Å². The smallest absolute Gasteiger partial charge is 0.444 e. The molecule has 1 rings (SSSR count). The van der Waals surface area contributed by atoms with E-state index in [0.29, 0.717) is 0 Å². The first-order chi connectivity index (χ1) is 11.0. The molecule has 0 aromatic carbocycles. The summed E-state index contributed by atoms with van der Waals surface area (Å²) in [4.78, 5) is 23.6. The molecule has 1 fully saturated rings. The lowest BCUT2D eigenvalue weighted by molar-refractivity contribution is -0.144. The first kappa shape index (κ1) is 20.2. The third-order valence-electron chi connectivity index (χ3n) is 3.10. The zero-order valence-electron chi connectivity index (χ0n) is 15.1. The number of rotatable bonds is 5. The minimum atomic E-state index is -0.894. The third-order valence-corrected chi connectivity index (χ3v) is 3.10. The fraction of sp³-hybridized carbons (Fsp3) is 0.750. The minimum Gasteiger partial charge on any atom is -0.444 e. The van der Waals surface area contributed by atoms with Gasteiger partial charge in [-0.3, -0.25) is 0 Å². The van der Waals surface area contributed by atoms with Crippen molar-refractivity contribution >= 4 is 12.2 Å². The lowest BCUT2D eigenvalue weighted by Crippen LogP contribution is -2.53. The average Bonchev–Trinajstić information content (AvgIpc) is 2.80. The van der Waals surface area contributed by atoms with E-state index < -0.39 is 41.9 Å². The highest BCUT2D eigenvalue weighted by Crippen LogP contribution is 2.26. The molecule has 24 heavy (non-hydrogen) atoms. The van der Waals surface area contributed by atoms with Crippen molar-refractivity contribution in [3.05, 3.63) is 12.7 Å². The Balaban J connectivity index is 2.91. The molecule has 1 heterocycles. The first-order valence-corrected chi connectivity index (χ1v) is 7.66. The number of alkyl carbamates (subject to hydrolysis) is 1. The van der Waals surface area contributed by atoms with Crippen LogP contribution in [-0.2, 0) is 23.7 Å². The molecule has 0 spiro atoms. The Hall–Kier alpha value is -1.80. The number of ether oxygens (including phenoxy) is 5. The summed E-state index contributed by atoms with van der Waals surface area (Å²) in [6, 6.07) is -0.752. The Morgan fingerprint density at radius 1 is 1.38 bits per heavy atom. The predicted molar refractivity (Wildman–Crippen MR) is 85.5 cm³/mol. The zero-order valence-corrected chi connectivity index (χ0v) is 15.1. The topological polar surface area (TPSA) is 92.3 Å². The molecule has 0 radical (unpaired) electrons. The van der Waals surface area contributed by atoms with E-state index in [0.717, 1.165) is 0 Å². The van der Waals surface area contributed by atoms with Crippen LogP contribution in [0.5, 0.6) is 0 Å². The van der Waals surface area contributed by atoms with Gasteiger partial charge in [0.15, 0.2) is 5.79 Å². The van der Waals surface area contributed by atoms with Crippen molar-refractivity contribution in [3.8, 4) is 0 Å². The second-order valence-electron chi connectivity index (χ2n) is 6.81. The van der Waals surface area contributed by atoms with E-state index in [1.54, 1.807) is 34.6 Å². The Kier molecular flexibility index (Phi) is 6.62. The van der Waals surface area contributed by atoms with Gasteiger partial charge in [0, 0.05) is 0 Å². The van der Waals surface area contributed by atoms with Gasteiger partial charge in [0.1, 0.15) is 23.9 Å². The fourth-order valence-electron chi connectivity index (χ4n) is 2.15. The van der Waals surface area contributed by atoms with Gasteiger partial charge in [0.2, 0.25) is 0 Å². The molecule has 138 valence electrons. The second kappa shape index (κ2) is 7.85. The monoisotopic (exact) mass is 345 g/mol. The number of hydrogen-bond donors (Lipinski definition) is 1. The van der Waals surface area contributed by atoms with Crippen LogP contribution in [0.15, 0.2) is 12.7 Å².